The largest absolute Gasteiger partial charge is 0.496 e. The molecule has 26 heavy (non-hydrogen) atoms. The van der Waals surface area contributed by atoms with Gasteiger partial charge in [-0.3, -0.25) is 14.9 Å². The number of nitrogens with one attached hydrogen (secondary N) is 1. The first-order chi connectivity index (χ1) is 12.5. The van der Waals surface area contributed by atoms with Crippen molar-refractivity contribution in [2.24, 2.45) is 5.11 Å². The fourth-order valence-electron chi connectivity index (χ4n) is 2.75. The number of non-ortho nitro benzene ring substituents is 1. The van der Waals surface area contributed by atoms with E-state index in [9.17, 15) is 14.9 Å². The quantitative estimate of drug-likeness (QED) is 0.243. The lowest BCUT2D eigenvalue weighted by atomic mass is 10.0. The van der Waals surface area contributed by atoms with Gasteiger partial charge in [-0.15, -0.1) is 0 Å². The fraction of sp³-hybridized carbons (Fsp3) is 0.118. The molecule has 1 N–H and O–H groups in total. The predicted molar refractivity (Wildman–Crippen MR) is 94.2 cm³/mol. The van der Waals surface area contributed by atoms with Crippen LogP contribution in [0.5, 0.6) is 5.75 Å². The summed E-state index contributed by atoms with van der Waals surface area (Å²) < 4.78 is 5.33. The molecule has 3 aromatic rings. The molecule has 0 radical (unpaired) electrons. The van der Waals surface area contributed by atoms with Crippen LogP contribution in [0.2, 0.25) is 0 Å². The smallest absolute Gasteiger partial charge is 0.270 e. The number of rotatable bonds is 5. The number of carbonyl (C=O) groups is 1. The number of ether oxygens (including phenoxy) is 1. The molecule has 0 unspecified atom stereocenters. The lowest BCUT2D eigenvalue weighted by Crippen LogP contribution is -1.99. The molecule has 1 heterocycles. The number of fused-ring (bicyclic) bond motifs is 1. The second-order valence-electron chi connectivity index (χ2n) is 5.50. The SMILES string of the molecule is COc1cc(C(=O)N=[N+]=[N-])ccc1Cc1c[nH]c2ccc([N+](=O)[O-])cc12. The number of aromatic nitrogens is 1. The van der Waals surface area contributed by atoms with Gasteiger partial charge in [0.1, 0.15) is 5.75 Å². The van der Waals surface area contributed by atoms with Crippen molar-refractivity contribution in [3.05, 3.63) is 79.8 Å². The summed E-state index contributed by atoms with van der Waals surface area (Å²) >= 11 is 0. The van der Waals surface area contributed by atoms with E-state index in [1.165, 1.54) is 25.3 Å². The zero-order chi connectivity index (χ0) is 18.7. The maximum absolute atomic E-state index is 11.7. The van der Waals surface area contributed by atoms with Crippen LogP contribution in [0.1, 0.15) is 21.5 Å². The maximum atomic E-state index is 11.7. The van der Waals surface area contributed by atoms with E-state index in [1.54, 1.807) is 24.4 Å². The average molecular weight is 351 g/mol. The molecule has 9 heteroatoms. The molecule has 0 fully saturated rings. The number of amides is 1. The number of hydrogen-bond donors (Lipinski definition) is 1. The van der Waals surface area contributed by atoms with Crippen LogP contribution in [0.3, 0.4) is 0 Å². The summed E-state index contributed by atoms with van der Waals surface area (Å²) in [4.78, 5) is 27.8. The average Bonchev–Trinajstić information content (AvgIpc) is 3.04. The molecule has 0 saturated carbocycles. The summed E-state index contributed by atoms with van der Waals surface area (Å²) in [5, 5.41) is 14.8. The highest BCUT2D eigenvalue weighted by molar-refractivity contribution is 5.95. The van der Waals surface area contributed by atoms with E-state index in [0.717, 1.165) is 22.0 Å². The number of nitro groups is 1. The Kier molecular flexibility index (Phi) is 4.55. The van der Waals surface area contributed by atoms with Crippen molar-refractivity contribution in [2.45, 2.75) is 6.42 Å². The van der Waals surface area contributed by atoms with Crippen LogP contribution in [0.4, 0.5) is 5.69 Å². The molecule has 0 aliphatic heterocycles. The van der Waals surface area contributed by atoms with Crippen molar-refractivity contribution < 1.29 is 14.5 Å². The number of azide groups is 1. The molecule has 2 aromatic carbocycles. The summed E-state index contributed by atoms with van der Waals surface area (Å²) in [6.45, 7) is 0. The van der Waals surface area contributed by atoms with Gasteiger partial charge in [0.05, 0.1) is 12.0 Å². The number of hydrogen-bond acceptors (Lipinski definition) is 4. The normalized spacial score (nSPS) is 10.3. The van der Waals surface area contributed by atoms with Crippen molar-refractivity contribution in [1.29, 1.82) is 0 Å². The van der Waals surface area contributed by atoms with Gasteiger partial charge in [-0.2, -0.15) is 0 Å². The third kappa shape index (κ3) is 3.19. The zero-order valence-electron chi connectivity index (χ0n) is 13.7. The second-order valence-corrected chi connectivity index (χ2v) is 5.50. The molecule has 0 aliphatic rings. The van der Waals surface area contributed by atoms with Gasteiger partial charge in [0.25, 0.3) is 5.69 Å². The third-order valence-electron chi connectivity index (χ3n) is 4.01. The van der Waals surface area contributed by atoms with Crippen LogP contribution in [-0.4, -0.2) is 22.9 Å². The number of aromatic amines is 1. The van der Waals surface area contributed by atoms with Gasteiger partial charge >= 0.3 is 0 Å². The Balaban J connectivity index is 1.99. The topological polar surface area (TPSA) is 134 Å². The van der Waals surface area contributed by atoms with Gasteiger partial charge in [-0.25, -0.2) is 0 Å². The number of benzene rings is 2. The van der Waals surface area contributed by atoms with Gasteiger partial charge in [0.2, 0.25) is 5.91 Å². The Bertz CT molecular complexity index is 1070. The molecule has 0 spiro atoms. The summed E-state index contributed by atoms with van der Waals surface area (Å²) in [5.74, 6) is -0.233. The number of methoxy groups -OCH3 is 1. The second kappa shape index (κ2) is 6.96. The first kappa shape index (κ1) is 17.0. The van der Waals surface area contributed by atoms with Crippen LogP contribution in [0, 0.1) is 10.1 Å². The van der Waals surface area contributed by atoms with Gasteiger partial charge in [0, 0.05) is 46.1 Å². The molecule has 0 atom stereocenters. The van der Waals surface area contributed by atoms with Gasteiger partial charge in [-0.05, 0) is 33.9 Å². The highest BCUT2D eigenvalue weighted by atomic mass is 16.6. The molecule has 0 aliphatic carbocycles. The molecular weight excluding hydrogens is 338 g/mol. The van der Waals surface area contributed by atoms with E-state index in [-0.39, 0.29) is 11.3 Å². The summed E-state index contributed by atoms with van der Waals surface area (Å²) in [5.41, 5.74) is 11.0. The van der Waals surface area contributed by atoms with E-state index >= 15 is 0 Å². The summed E-state index contributed by atoms with van der Waals surface area (Å²) in [6.07, 6.45) is 2.23. The molecule has 3 rings (SSSR count). The molecule has 0 bridgehead atoms. The first-order valence-corrected chi connectivity index (χ1v) is 7.54. The third-order valence-corrected chi connectivity index (χ3v) is 4.01. The summed E-state index contributed by atoms with van der Waals surface area (Å²) in [6, 6.07) is 9.38. The zero-order valence-corrected chi connectivity index (χ0v) is 13.7. The van der Waals surface area contributed by atoms with E-state index in [0.29, 0.717) is 12.2 Å². The molecule has 1 aromatic heterocycles. The van der Waals surface area contributed by atoms with Crippen molar-refractivity contribution in [2.75, 3.05) is 7.11 Å². The van der Waals surface area contributed by atoms with E-state index in [2.05, 4.69) is 15.0 Å². The monoisotopic (exact) mass is 351 g/mol. The molecule has 9 nitrogen and oxygen atoms in total. The molecular formula is C17H13N5O4. The minimum atomic E-state index is -0.694. The first-order valence-electron chi connectivity index (χ1n) is 7.54. The van der Waals surface area contributed by atoms with E-state index in [1.807, 2.05) is 0 Å². The summed E-state index contributed by atoms with van der Waals surface area (Å²) in [7, 11) is 1.47. The molecule has 1 amide bonds. The fourth-order valence-corrected chi connectivity index (χ4v) is 2.75. The number of H-pyrrole nitrogens is 1. The van der Waals surface area contributed by atoms with Crippen LogP contribution in [-0.2, 0) is 6.42 Å². The van der Waals surface area contributed by atoms with Crippen molar-refractivity contribution in [3.63, 3.8) is 0 Å². The highest BCUT2D eigenvalue weighted by Gasteiger charge is 2.14. The number of nitro benzene ring substituents is 1. The minimum absolute atomic E-state index is 0.0145. The highest BCUT2D eigenvalue weighted by Crippen LogP contribution is 2.29. The lowest BCUT2D eigenvalue weighted by Gasteiger charge is -2.09. The predicted octanol–water partition coefficient (Wildman–Crippen LogP) is 4.13. The van der Waals surface area contributed by atoms with Crippen LogP contribution in [0.25, 0.3) is 21.3 Å². The minimum Gasteiger partial charge on any atom is -0.496 e. The molecule has 0 saturated heterocycles. The Morgan fingerprint density at radius 1 is 1.31 bits per heavy atom. The standard InChI is InChI=1S/C17H13N5O4/c1-26-16-7-11(17(23)20-21-18)3-2-10(16)6-12-9-19-15-5-4-13(22(24)25)8-14(12)15/h2-5,7-9,19H,6H2,1H3. The van der Waals surface area contributed by atoms with Crippen LogP contribution in [0.15, 0.2) is 47.7 Å². The van der Waals surface area contributed by atoms with Crippen molar-refractivity contribution in [3.8, 4) is 5.75 Å². The molecule has 130 valence electrons. The number of nitrogens with zero attached hydrogens (tertiary/aromatic N) is 4. The lowest BCUT2D eigenvalue weighted by molar-refractivity contribution is -0.384. The van der Waals surface area contributed by atoms with Crippen LogP contribution >= 0.6 is 0 Å². The van der Waals surface area contributed by atoms with Crippen molar-refractivity contribution in [1.82, 2.24) is 4.98 Å². The van der Waals surface area contributed by atoms with E-state index < -0.39 is 10.8 Å². The maximum Gasteiger partial charge on any atom is 0.270 e. The van der Waals surface area contributed by atoms with Gasteiger partial charge < -0.3 is 9.72 Å². The van der Waals surface area contributed by atoms with Gasteiger partial charge in [-0.1, -0.05) is 12.1 Å². The Labute approximate surface area is 147 Å². The van der Waals surface area contributed by atoms with Crippen molar-refractivity contribution >= 4 is 22.5 Å². The Morgan fingerprint density at radius 2 is 2.12 bits per heavy atom. The Morgan fingerprint density at radius 3 is 2.81 bits per heavy atom. The van der Waals surface area contributed by atoms with E-state index in [4.69, 9.17) is 10.3 Å². The number of carbonyl (C=O) groups excluding carboxylic acids is 1. The van der Waals surface area contributed by atoms with Crippen LogP contribution < -0.4 is 4.74 Å². The Hall–Kier alpha value is -3.84. The van der Waals surface area contributed by atoms with Gasteiger partial charge in [0.15, 0.2) is 0 Å².